The van der Waals surface area contributed by atoms with E-state index in [1.54, 1.807) is 4.80 Å². The van der Waals surface area contributed by atoms with E-state index in [4.69, 9.17) is 0 Å². The van der Waals surface area contributed by atoms with E-state index < -0.39 is 5.97 Å². The highest BCUT2D eigenvalue weighted by atomic mass is 16.5. The highest BCUT2D eigenvalue weighted by Gasteiger charge is 2.23. The van der Waals surface area contributed by atoms with E-state index in [0.717, 1.165) is 6.54 Å². The van der Waals surface area contributed by atoms with E-state index >= 15 is 0 Å². The number of carbonyl (C=O) groups excluding carboxylic acids is 1. The molecule has 1 fully saturated rings. The molecule has 5 heteroatoms. The van der Waals surface area contributed by atoms with Gasteiger partial charge >= 0.3 is 5.97 Å². The first kappa shape index (κ1) is 8.22. The van der Waals surface area contributed by atoms with Crippen molar-refractivity contribution in [2.75, 3.05) is 7.11 Å². The first-order valence-electron chi connectivity index (χ1n) is 4.28. The van der Waals surface area contributed by atoms with Gasteiger partial charge in [-0.05, 0) is 18.8 Å². The SMILES string of the molecule is COC(=O)c1cnn(CC2CC2)n1. The molecule has 0 atom stereocenters. The molecule has 1 heterocycles. The van der Waals surface area contributed by atoms with Crippen molar-refractivity contribution in [1.29, 1.82) is 0 Å². The molecule has 13 heavy (non-hydrogen) atoms. The lowest BCUT2D eigenvalue weighted by atomic mass is 10.4. The van der Waals surface area contributed by atoms with Gasteiger partial charge in [0.1, 0.15) is 0 Å². The summed E-state index contributed by atoms with van der Waals surface area (Å²) in [6.45, 7) is 0.816. The summed E-state index contributed by atoms with van der Waals surface area (Å²) in [5, 5.41) is 7.96. The molecule has 0 unspecified atom stereocenters. The summed E-state index contributed by atoms with van der Waals surface area (Å²) in [5.41, 5.74) is 0.281. The van der Waals surface area contributed by atoms with Gasteiger partial charge in [0.15, 0.2) is 5.69 Å². The zero-order chi connectivity index (χ0) is 9.26. The number of aromatic nitrogens is 3. The fourth-order valence-corrected chi connectivity index (χ4v) is 1.11. The number of ether oxygens (including phenoxy) is 1. The second-order valence-corrected chi connectivity index (χ2v) is 3.22. The van der Waals surface area contributed by atoms with Crippen molar-refractivity contribution in [1.82, 2.24) is 15.0 Å². The van der Waals surface area contributed by atoms with Crippen LogP contribution >= 0.6 is 0 Å². The summed E-state index contributed by atoms with van der Waals surface area (Å²) in [6.07, 6.45) is 3.93. The van der Waals surface area contributed by atoms with Crippen LogP contribution in [0.4, 0.5) is 0 Å². The average Bonchev–Trinajstić information content (AvgIpc) is 2.81. The van der Waals surface area contributed by atoms with Crippen LogP contribution < -0.4 is 0 Å². The highest BCUT2D eigenvalue weighted by Crippen LogP contribution is 2.29. The quantitative estimate of drug-likeness (QED) is 0.636. The molecule has 1 aliphatic carbocycles. The molecule has 70 valence electrons. The molecule has 1 aromatic heterocycles. The Balaban J connectivity index is 2.03. The molecule has 0 amide bonds. The van der Waals surface area contributed by atoms with E-state index in [-0.39, 0.29) is 5.69 Å². The van der Waals surface area contributed by atoms with Crippen LogP contribution in [0.25, 0.3) is 0 Å². The molecule has 0 radical (unpaired) electrons. The van der Waals surface area contributed by atoms with Gasteiger partial charge in [-0.3, -0.25) is 0 Å². The fraction of sp³-hybridized carbons (Fsp3) is 0.625. The van der Waals surface area contributed by atoms with Crippen molar-refractivity contribution in [3.63, 3.8) is 0 Å². The lowest BCUT2D eigenvalue weighted by Gasteiger charge is -1.94. The number of esters is 1. The Labute approximate surface area is 75.7 Å². The second-order valence-electron chi connectivity index (χ2n) is 3.22. The van der Waals surface area contributed by atoms with Gasteiger partial charge in [-0.25, -0.2) is 4.79 Å². The molecule has 1 aliphatic rings. The van der Waals surface area contributed by atoms with Gasteiger partial charge in [0.05, 0.1) is 19.9 Å². The average molecular weight is 181 g/mol. The summed E-state index contributed by atoms with van der Waals surface area (Å²) in [6, 6.07) is 0. The summed E-state index contributed by atoms with van der Waals surface area (Å²) in [7, 11) is 1.34. The zero-order valence-corrected chi connectivity index (χ0v) is 7.43. The van der Waals surface area contributed by atoms with Crippen molar-refractivity contribution in [3.05, 3.63) is 11.9 Å². The smallest absolute Gasteiger partial charge is 0.360 e. The van der Waals surface area contributed by atoms with Crippen LogP contribution in [0.2, 0.25) is 0 Å². The maximum absolute atomic E-state index is 11.0. The summed E-state index contributed by atoms with van der Waals surface area (Å²) < 4.78 is 4.52. The van der Waals surface area contributed by atoms with E-state index in [1.807, 2.05) is 0 Å². The molecular weight excluding hydrogens is 170 g/mol. The molecule has 2 rings (SSSR count). The van der Waals surface area contributed by atoms with Crippen LogP contribution in [0.5, 0.6) is 0 Å². The first-order valence-corrected chi connectivity index (χ1v) is 4.28. The van der Waals surface area contributed by atoms with E-state index in [0.29, 0.717) is 5.92 Å². The molecule has 0 aromatic carbocycles. The van der Waals surface area contributed by atoms with Crippen molar-refractivity contribution >= 4 is 5.97 Å². The van der Waals surface area contributed by atoms with Crippen LogP contribution in [-0.2, 0) is 11.3 Å². The number of carbonyl (C=O) groups is 1. The van der Waals surface area contributed by atoms with E-state index in [9.17, 15) is 4.79 Å². The van der Waals surface area contributed by atoms with Crippen molar-refractivity contribution in [2.45, 2.75) is 19.4 Å². The fourth-order valence-electron chi connectivity index (χ4n) is 1.11. The van der Waals surface area contributed by atoms with E-state index in [2.05, 4.69) is 14.9 Å². The monoisotopic (exact) mass is 181 g/mol. The Hall–Kier alpha value is -1.39. The number of rotatable bonds is 3. The molecule has 0 aliphatic heterocycles. The minimum absolute atomic E-state index is 0.281. The predicted molar refractivity (Wildman–Crippen MR) is 44.1 cm³/mol. The maximum Gasteiger partial charge on any atom is 0.360 e. The maximum atomic E-state index is 11.0. The summed E-state index contributed by atoms with van der Waals surface area (Å²) in [5.74, 6) is 0.278. The molecule has 0 saturated heterocycles. The van der Waals surface area contributed by atoms with Crippen LogP contribution in [0, 0.1) is 5.92 Å². The van der Waals surface area contributed by atoms with Gasteiger partial charge in [-0.1, -0.05) is 0 Å². The van der Waals surface area contributed by atoms with Gasteiger partial charge in [0.2, 0.25) is 0 Å². The number of hydrogen-bond acceptors (Lipinski definition) is 4. The summed E-state index contributed by atoms with van der Waals surface area (Å²) >= 11 is 0. The summed E-state index contributed by atoms with van der Waals surface area (Å²) in [4.78, 5) is 12.5. The Kier molecular flexibility index (Phi) is 2.00. The minimum Gasteiger partial charge on any atom is -0.464 e. The van der Waals surface area contributed by atoms with Gasteiger partial charge < -0.3 is 4.74 Å². The Morgan fingerprint density at radius 1 is 1.77 bits per heavy atom. The normalized spacial score (nSPS) is 15.8. The van der Waals surface area contributed by atoms with Crippen molar-refractivity contribution in [3.8, 4) is 0 Å². The molecular formula is C8H11N3O2. The largest absolute Gasteiger partial charge is 0.464 e. The van der Waals surface area contributed by atoms with Gasteiger partial charge in [-0.15, -0.1) is 5.10 Å². The number of methoxy groups -OCH3 is 1. The van der Waals surface area contributed by atoms with Crippen LogP contribution in [0.3, 0.4) is 0 Å². The van der Waals surface area contributed by atoms with Gasteiger partial charge in [0.25, 0.3) is 0 Å². The third-order valence-corrected chi connectivity index (χ3v) is 2.05. The van der Waals surface area contributed by atoms with E-state index in [1.165, 1.54) is 26.1 Å². The van der Waals surface area contributed by atoms with Gasteiger partial charge in [-0.2, -0.15) is 9.90 Å². The molecule has 0 N–H and O–H groups in total. The number of hydrogen-bond donors (Lipinski definition) is 0. The third-order valence-electron chi connectivity index (χ3n) is 2.05. The Morgan fingerprint density at radius 3 is 3.15 bits per heavy atom. The second kappa shape index (κ2) is 3.16. The lowest BCUT2D eigenvalue weighted by Crippen LogP contribution is -2.07. The Morgan fingerprint density at radius 2 is 2.54 bits per heavy atom. The topological polar surface area (TPSA) is 57.0 Å². The zero-order valence-electron chi connectivity index (χ0n) is 7.43. The van der Waals surface area contributed by atoms with Crippen LogP contribution in [-0.4, -0.2) is 28.1 Å². The minimum atomic E-state index is -0.429. The van der Waals surface area contributed by atoms with Gasteiger partial charge in [0, 0.05) is 0 Å². The Bertz CT molecular complexity index is 317. The van der Waals surface area contributed by atoms with Crippen molar-refractivity contribution in [2.24, 2.45) is 5.92 Å². The molecule has 1 saturated carbocycles. The predicted octanol–water partition coefficient (Wildman–Crippen LogP) is 0.475. The molecule has 1 aromatic rings. The molecule has 0 bridgehead atoms. The standard InChI is InChI=1S/C8H11N3O2/c1-13-8(12)7-4-9-11(10-7)5-6-2-3-6/h4,6H,2-3,5H2,1H3. The molecule has 0 spiro atoms. The number of nitrogens with zero attached hydrogens (tertiary/aromatic N) is 3. The highest BCUT2D eigenvalue weighted by molar-refractivity contribution is 5.86. The first-order chi connectivity index (χ1) is 6.29. The lowest BCUT2D eigenvalue weighted by molar-refractivity contribution is 0.0593. The molecule has 5 nitrogen and oxygen atoms in total. The van der Waals surface area contributed by atoms with Crippen molar-refractivity contribution < 1.29 is 9.53 Å². The van der Waals surface area contributed by atoms with Crippen LogP contribution in [0.1, 0.15) is 23.3 Å². The third kappa shape index (κ3) is 1.85. The van der Waals surface area contributed by atoms with Crippen LogP contribution in [0.15, 0.2) is 6.20 Å².